The molecule has 3 N–H and O–H groups in total. The number of anilines is 4. The summed E-state index contributed by atoms with van der Waals surface area (Å²) in [7, 11) is -3.69. The van der Waals surface area contributed by atoms with Crippen LogP contribution in [-0.4, -0.2) is 58.0 Å². The van der Waals surface area contributed by atoms with E-state index in [-0.39, 0.29) is 11.7 Å². The summed E-state index contributed by atoms with van der Waals surface area (Å²) in [6.07, 6.45) is 10.2. The van der Waals surface area contributed by atoms with E-state index >= 15 is 0 Å². The van der Waals surface area contributed by atoms with Crippen molar-refractivity contribution in [1.29, 1.82) is 0 Å². The third-order valence-electron chi connectivity index (χ3n) is 9.52. The maximum atomic E-state index is 13.8. The van der Waals surface area contributed by atoms with Crippen LogP contribution in [-0.2, 0) is 10.0 Å². The molecule has 40 heavy (non-hydrogen) atoms. The van der Waals surface area contributed by atoms with Gasteiger partial charge in [-0.15, -0.1) is 0 Å². The van der Waals surface area contributed by atoms with Crippen molar-refractivity contribution in [2.24, 2.45) is 10.8 Å². The Morgan fingerprint density at radius 2 is 1.57 bits per heavy atom. The van der Waals surface area contributed by atoms with Gasteiger partial charge in [0, 0.05) is 37.3 Å². The highest BCUT2D eigenvalue weighted by Gasteiger charge is 2.48. The van der Waals surface area contributed by atoms with Crippen molar-refractivity contribution in [3.05, 3.63) is 48.2 Å². The normalized spacial score (nSPS) is 20.8. The Labute approximate surface area is 234 Å². The number of piperidine rings is 1. The molecule has 0 atom stereocenters. The smallest absolute Gasteiger partial charge is 0.257 e. The van der Waals surface area contributed by atoms with Crippen LogP contribution >= 0.6 is 0 Å². The van der Waals surface area contributed by atoms with Crippen LogP contribution in [0.4, 0.5) is 22.7 Å². The number of benzene rings is 2. The summed E-state index contributed by atoms with van der Waals surface area (Å²) in [5, 5.41) is 13.2. The van der Waals surface area contributed by atoms with Crippen molar-refractivity contribution in [1.82, 2.24) is 0 Å². The largest absolute Gasteiger partial charge is 0.462 e. The van der Waals surface area contributed by atoms with Gasteiger partial charge in [0.15, 0.2) is 5.58 Å². The lowest BCUT2D eigenvalue weighted by molar-refractivity contribution is 0.102. The van der Waals surface area contributed by atoms with Gasteiger partial charge in [0.05, 0.1) is 41.2 Å². The lowest BCUT2D eigenvalue weighted by Gasteiger charge is -2.35. The van der Waals surface area contributed by atoms with E-state index in [4.69, 9.17) is 9.52 Å². The fraction of sp³-hybridized carbons (Fsp3) is 0.500. The second-order valence-electron chi connectivity index (χ2n) is 12.3. The van der Waals surface area contributed by atoms with Crippen LogP contribution in [0.25, 0.3) is 11.0 Å². The monoisotopic (exact) mass is 564 g/mol. The van der Waals surface area contributed by atoms with Crippen molar-refractivity contribution in [3.63, 3.8) is 0 Å². The van der Waals surface area contributed by atoms with Gasteiger partial charge < -0.3 is 24.6 Å². The predicted molar refractivity (Wildman–Crippen MR) is 157 cm³/mol. The molecule has 2 saturated carbocycles. The quantitative estimate of drug-likeness (QED) is 0.360. The zero-order chi connectivity index (χ0) is 27.5. The SMILES string of the molecule is O=C(Nc1cc(N2CCC3(CC3)C2)c2occc2c1)c1ccc(NS(=O)(=O)CCO)cc1N1CCC2(CC1)CC2. The number of fused-ring (bicyclic) bond motifs is 1. The van der Waals surface area contributed by atoms with Crippen molar-refractivity contribution in [3.8, 4) is 0 Å². The summed E-state index contributed by atoms with van der Waals surface area (Å²) in [5.74, 6) is -0.617. The summed E-state index contributed by atoms with van der Waals surface area (Å²) in [6, 6.07) is 10.9. The molecular formula is C30H36N4O5S. The van der Waals surface area contributed by atoms with Gasteiger partial charge in [-0.1, -0.05) is 0 Å². The molecule has 0 bridgehead atoms. The van der Waals surface area contributed by atoms with Gasteiger partial charge in [0.25, 0.3) is 5.91 Å². The van der Waals surface area contributed by atoms with E-state index in [0.29, 0.717) is 27.8 Å². The third-order valence-corrected chi connectivity index (χ3v) is 10.8. The Kier molecular flexibility index (Phi) is 6.05. The first-order chi connectivity index (χ1) is 19.3. The first-order valence-corrected chi connectivity index (χ1v) is 16.0. The first kappa shape index (κ1) is 25.7. The molecule has 2 saturated heterocycles. The number of hydrogen-bond donors (Lipinski definition) is 3. The van der Waals surface area contributed by atoms with Crippen molar-refractivity contribution >= 4 is 49.6 Å². The zero-order valence-corrected chi connectivity index (χ0v) is 23.4. The van der Waals surface area contributed by atoms with Crippen molar-refractivity contribution < 1.29 is 22.7 Å². The Morgan fingerprint density at radius 3 is 2.27 bits per heavy atom. The van der Waals surface area contributed by atoms with Gasteiger partial charge >= 0.3 is 0 Å². The summed E-state index contributed by atoms with van der Waals surface area (Å²) in [6.45, 7) is 3.21. The number of aliphatic hydroxyl groups is 1. The van der Waals surface area contributed by atoms with Crippen LogP contribution in [0, 0.1) is 10.8 Å². The second kappa shape index (κ2) is 9.41. The fourth-order valence-corrected chi connectivity index (χ4v) is 7.42. The number of carbonyl (C=O) groups excluding carboxylic acids is 1. The molecule has 2 spiro atoms. The minimum atomic E-state index is -3.69. The number of nitrogens with one attached hydrogen (secondary N) is 2. The summed E-state index contributed by atoms with van der Waals surface area (Å²) >= 11 is 0. The van der Waals surface area contributed by atoms with Crippen molar-refractivity contribution in [2.45, 2.75) is 44.9 Å². The molecule has 3 heterocycles. The summed E-state index contributed by atoms with van der Waals surface area (Å²) in [5.41, 5.74) is 5.10. The number of hydrogen-bond acceptors (Lipinski definition) is 7. The second-order valence-corrected chi connectivity index (χ2v) is 14.2. The number of aliphatic hydroxyl groups excluding tert-OH is 1. The molecule has 3 aromatic rings. The Balaban J connectivity index is 1.18. The maximum Gasteiger partial charge on any atom is 0.257 e. The average Bonchev–Trinajstić information content (AvgIpc) is 3.74. The van der Waals surface area contributed by atoms with E-state index in [1.807, 2.05) is 18.2 Å². The molecule has 0 unspecified atom stereocenters. The Morgan fingerprint density at radius 1 is 0.875 bits per heavy atom. The number of sulfonamides is 1. The fourth-order valence-electron chi connectivity index (χ4n) is 6.59. The summed E-state index contributed by atoms with van der Waals surface area (Å²) < 4.78 is 33.1. The van der Waals surface area contributed by atoms with Crippen LogP contribution in [0.5, 0.6) is 0 Å². The molecular weight excluding hydrogens is 528 g/mol. The van der Waals surface area contributed by atoms with E-state index in [0.717, 1.165) is 61.4 Å². The molecule has 7 rings (SSSR count). The van der Waals surface area contributed by atoms with E-state index < -0.39 is 16.6 Å². The van der Waals surface area contributed by atoms with Crippen molar-refractivity contribution in [2.75, 3.05) is 58.4 Å². The van der Waals surface area contributed by atoms with Gasteiger partial charge in [0.1, 0.15) is 0 Å². The van der Waals surface area contributed by atoms with E-state index in [1.165, 1.54) is 32.1 Å². The van der Waals surface area contributed by atoms with Crippen LogP contribution in [0.2, 0.25) is 0 Å². The van der Waals surface area contributed by atoms with Crippen LogP contribution in [0.3, 0.4) is 0 Å². The highest BCUT2D eigenvalue weighted by atomic mass is 32.2. The predicted octanol–water partition coefficient (Wildman–Crippen LogP) is 4.79. The van der Waals surface area contributed by atoms with Crippen LogP contribution < -0.4 is 19.8 Å². The topological polar surface area (TPSA) is 115 Å². The molecule has 4 fully saturated rings. The van der Waals surface area contributed by atoms with Gasteiger partial charge in [-0.3, -0.25) is 9.52 Å². The molecule has 1 amide bonds. The third kappa shape index (κ3) is 4.92. The number of carbonyl (C=O) groups is 1. The maximum absolute atomic E-state index is 13.8. The van der Waals surface area contributed by atoms with Crippen LogP contribution in [0.15, 0.2) is 47.1 Å². The molecule has 10 heteroatoms. The van der Waals surface area contributed by atoms with Crippen LogP contribution in [0.1, 0.15) is 55.3 Å². The molecule has 212 valence electrons. The van der Waals surface area contributed by atoms with Gasteiger partial charge in [-0.2, -0.15) is 0 Å². The molecule has 2 aromatic carbocycles. The number of nitrogens with zero attached hydrogens (tertiary/aromatic N) is 2. The molecule has 2 aliphatic carbocycles. The Hall–Kier alpha value is -3.24. The zero-order valence-electron chi connectivity index (χ0n) is 22.6. The number of amides is 1. The average molecular weight is 565 g/mol. The highest BCUT2D eigenvalue weighted by molar-refractivity contribution is 7.92. The molecule has 4 aliphatic rings. The molecule has 2 aliphatic heterocycles. The summed E-state index contributed by atoms with van der Waals surface area (Å²) in [4.78, 5) is 18.4. The van der Waals surface area contributed by atoms with Gasteiger partial charge in [0.2, 0.25) is 10.0 Å². The highest BCUT2D eigenvalue weighted by Crippen LogP contribution is 2.55. The number of rotatable bonds is 8. The first-order valence-electron chi connectivity index (χ1n) is 14.3. The van der Waals surface area contributed by atoms with Gasteiger partial charge in [-0.25, -0.2) is 8.42 Å². The van der Waals surface area contributed by atoms with E-state index in [9.17, 15) is 13.2 Å². The molecule has 1 aromatic heterocycles. The minimum absolute atomic E-state index is 0.236. The molecule has 0 radical (unpaired) electrons. The van der Waals surface area contributed by atoms with Gasteiger partial charge in [-0.05, 0) is 92.2 Å². The lowest BCUT2D eigenvalue weighted by atomic mass is 9.93. The lowest BCUT2D eigenvalue weighted by Crippen LogP contribution is -2.35. The van der Waals surface area contributed by atoms with E-state index in [2.05, 4.69) is 19.8 Å². The number of furan rings is 1. The minimum Gasteiger partial charge on any atom is -0.462 e. The Bertz CT molecular complexity index is 1560. The van der Waals surface area contributed by atoms with E-state index in [1.54, 1.807) is 24.5 Å². The standard InChI is InChI=1S/C30H36N4O5S/c35-14-16-40(37,38)32-22-1-2-24(25(18-22)33-11-8-29(4-5-29)9-12-33)28(36)31-23-17-21-3-15-39-27(21)26(19-23)34-13-10-30(20-34)6-7-30/h1-3,15,17-19,32,35H,4-14,16,20H2,(H,31,36). The molecule has 9 nitrogen and oxygen atoms in total.